The minimum Gasteiger partial charge on any atom is -0.310 e. The molecule has 0 amide bonds. The summed E-state index contributed by atoms with van der Waals surface area (Å²) in [6.45, 7) is 14.1. The Bertz CT molecular complexity index is 413. The smallest absolute Gasteiger partial charge is 0.0384 e. The largest absolute Gasteiger partial charge is 0.310 e. The molecule has 1 aromatic carbocycles. The Balaban J connectivity index is 2.10. The maximum Gasteiger partial charge on any atom is 0.0384 e. The molecule has 0 saturated carbocycles. The predicted molar refractivity (Wildman–Crippen MR) is 91.5 cm³/mol. The number of benzene rings is 1. The van der Waals surface area contributed by atoms with Crippen molar-refractivity contribution in [3.63, 3.8) is 0 Å². The second-order valence-corrected chi connectivity index (χ2v) is 7.37. The molecular formula is C19H32N2. The van der Waals surface area contributed by atoms with Crippen LogP contribution in [0.2, 0.25) is 0 Å². The zero-order valence-electron chi connectivity index (χ0n) is 14.2. The highest BCUT2D eigenvalue weighted by atomic mass is 15.1. The van der Waals surface area contributed by atoms with Crippen LogP contribution in [-0.4, -0.2) is 31.1 Å². The number of hydrogen-bond acceptors (Lipinski definition) is 2. The SMILES string of the molecule is CCNC(c1ccccc1)C(C)(C)CN1CCCC(C)C1. The fourth-order valence-corrected chi connectivity index (χ4v) is 3.79. The normalized spacial score (nSPS) is 22.2. The summed E-state index contributed by atoms with van der Waals surface area (Å²) in [5, 5.41) is 3.71. The summed E-state index contributed by atoms with van der Waals surface area (Å²) in [6, 6.07) is 11.3. The maximum atomic E-state index is 3.71. The van der Waals surface area contributed by atoms with Crippen LogP contribution >= 0.6 is 0 Å². The summed E-state index contributed by atoms with van der Waals surface area (Å²) >= 11 is 0. The van der Waals surface area contributed by atoms with E-state index >= 15 is 0 Å². The lowest BCUT2D eigenvalue weighted by molar-refractivity contribution is 0.100. The van der Waals surface area contributed by atoms with Crippen molar-refractivity contribution in [1.82, 2.24) is 10.2 Å². The van der Waals surface area contributed by atoms with E-state index in [9.17, 15) is 0 Å². The molecule has 1 heterocycles. The number of piperidine rings is 1. The minimum absolute atomic E-state index is 0.231. The molecule has 1 aromatic rings. The second-order valence-electron chi connectivity index (χ2n) is 7.37. The molecule has 1 aliphatic rings. The van der Waals surface area contributed by atoms with Gasteiger partial charge in [0.25, 0.3) is 0 Å². The topological polar surface area (TPSA) is 15.3 Å². The average molecular weight is 288 g/mol. The Morgan fingerprint density at radius 1 is 1.29 bits per heavy atom. The van der Waals surface area contributed by atoms with Gasteiger partial charge in [-0.25, -0.2) is 0 Å². The standard InChI is InChI=1S/C19H32N2/c1-5-20-18(17-11-7-6-8-12-17)19(3,4)15-21-13-9-10-16(2)14-21/h6-8,11-12,16,18,20H,5,9-10,13-15H2,1-4H3. The molecule has 2 rings (SSSR count). The predicted octanol–water partition coefficient (Wildman–Crippen LogP) is 4.10. The monoisotopic (exact) mass is 288 g/mol. The highest BCUT2D eigenvalue weighted by Crippen LogP contribution is 2.35. The minimum atomic E-state index is 0.231. The zero-order chi connectivity index (χ0) is 15.3. The van der Waals surface area contributed by atoms with Crippen molar-refractivity contribution >= 4 is 0 Å². The van der Waals surface area contributed by atoms with Crippen LogP contribution < -0.4 is 5.32 Å². The maximum absolute atomic E-state index is 3.71. The second kappa shape index (κ2) is 7.42. The number of nitrogens with zero attached hydrogens (tertiary/aromatic N) is 1. The number of hydrogen-bond donors (Lipinski definition) is 1. The van der Waals surface area contributed by atoms with Crippen LogP contribution in [0.3, 0.4) is 0 Å². The van der Waals surface area contributed by atoms with Crippen molar-refractivity contribution in [2.45, 2.75) is 46.6 Å². The molecule has 2 atom stereocenters. The van der Waals surface area contributed by atoms with Crippen LogP contribution in [0.25, 0.3) is 0 Å². The van der Waals surface area contributed by atoms with Gasteiger partial charge in [-0.2, -0.15) is 0 Å². The number of rotatable bonds is 6. The molecule has 0 aliphatic carbocycles. The Morgan fingerprint density at radius 2 is 2.00 bits per heavy atom. The van der Waals surface area contributed by atoms with E-state index in [0.29, 0.717) is 6.04 Å². The first-order valence-electron chi connectivity index (χ1n) is 8.53. The van der Waals surface area contributed by atoms with Crippen molar-refractivity contribution in [2.24, 2.45) is 11.3 Å². The molecule has 1 saturated heterocycles. The first-order chi connectivity index (χ1) is 10.0. The lowest BCUT2D eigenvalue weighted by Crippen LogP contribution is -2.45. The van der Waals surface area contributed by atoms with Gasteiger partial charge in [-0.05, 0) is 42.8 Å². The van der Waals surface area contributed by atoms with Crippen LogP contribution in [0.5, 0.6) is 0 Å². The highest BCUT2D eigenvalue weighted by molar-refractivity contribution is 5.21. The summed E-state index contributed by atoms with van der Waals surface area (Å²) in [7, 11) is 0. The lowest BCUT2D eigenvalue weighted by atomic mass is 9.79. The Kier molecular flexibility index (Phi) is 5.83. The fourth-order valence-electron chi connectivity index (χ4n) is 3.79. The van der Waals surface area contributed by atoms with Crippen LogP contribution in [0.4, 0.5) is 0 Å². The number of likely N-dealkylation sites (tertiary alicyclic amines) is 1. The molecule has 1 aliphatic heterocycles. The molecule has 0 radical (unpaired) electrons. The van der Waals surface area contributed by atoms with E-state index < -0.39 is 0 Å². The molecule has 0 spiro atoms. The van der Waals surface area contributed by atoms with Crippen molar-refractivity contribution in [2.75, 3.05) is 26.2 Å². The zero-order valence-corrected chi connectivity index (χ0v) is 14.2. The van der Waals surface area contributed by atoms with E-state index in [-0.39, 0.29) is 5.41 Å². The van der Waals surface area contributed by atoms with Gasteiger partial charge in [-0.1, -0.05) is 58.0 Å². The molecule has 1 N–H and O–H groups in total. The molecule has 21 heavy (non-hydrogen) atoms. The first-order valence-corrected chi connectivity index (χ1v) is 8.53. The molecule has 0 aromatic heterocycles. The molecule has 2 nitrogen and oxygen atoms in total. The van der Waals surface area contributed by atoms with Gasteiger partial charge in [0.15, 0.2) is 0 Å². The summed E-state index contributed by atoms with van der Waals surface area (Å²) in [5.74, 6) is 0.851. The summed E-state index contributed by atoms with van der Waals surface area (Å²) in [6.07, 6.45) is 2.75. The molecule has 2 heteroatoms. The van der Waals surface area contributed by atoms with E-state index in [1.165, 1.54) is 38.0 Å². The molecule has 2 unspecified atom stereocenters. The van der Waals surface area contributed by atoms with Crippen molar-refractivity contribution < 1.29 is 0 Å². The summed E-state index contributed by atoms with van der Waals surface area (Å²) in [5.41, 5.74) is 1.64. The third kappa shape index (κ3) is 4.55. The molecule has 0 bridgehead atoms. The number of nitrogens with one attached hydrogen (secondary N) is 1. The van der Waals surface area contributed by atoms with Crippen molar-refractivity contribution in [3.05, 3.63) is 35.9 Å². The average Bonchev–Trinajstić information content (AvgIpc) is 2.45. The Hall–Kier alpha value is -0.860. The van der Waals surface area contributed by atoms with Gasteiger partial charge in [-0.15, -0.1) is 0 Å². The highest BCUT2D eigenvalue weighted by Gasteiger charge is 2.33. The van der Waals surface area contributed by atoms with E-state index in [1.807, 2.05) is 0 Å². The van der Waals surface area contributed by atoms with Crippen LogP contribution in [0, 0.1) is 11.3 Å². The van der Waals surface area contributed by atoms with Gasteiger partial charge >= 0.3 is 0 Å². The quantitative estimate of drug-likeness (QED) is 0.848. The van der Waals surface area contributed by atoms with Crippen LogP contribution in [0.1, 0.15) is 52.1 Å². The third-order valence-corrected chi connectivity index (χ3v) is 4.69. The van der Waals surface area contributed by atoms with E-state index in [4.69, 9.17) is 0 Å². The van der Waals surface area contributed by atoms with Crippen LogP contribution in [-0.2, 0) is 0 Å². The Labute approximate surface area is 130 Å². The van der Waals surface area contributed by atoms with Gasteiger partial charge in [0, 0.05) is 19.1 Å². The van der Waals surface area contributed by atoms with Gasteiger partial charge < -0.3 is 10.2 Å². The van der Waals surface area contributed by atoms with E-state index in [2.05, 4.69) is 68.2 Å². The van der Waals surface area contributed by atoms with Crippen LogP contribution in [0.15, 0.2) is 30.3 Å². The van der Waals surface area contributed by atoms with Crippen molar-refractivity contribution in [3.8, 4) is 0 Å². The van der Waals surface area contributed by atoms with Crippen molar-refractivity contribution in [1.29, 1.82) is 0 Å². The Morgan fingerprint density at radius 3 is 2.62 bits per heavy atom. The van der Waals surface area contributed by atoms with Gasteiger partial charge in [-0.3, -0.25) is 0 Å². The van der Waals surface area contributed by atoms with Gasteiger partial charge in [0.05, 0.1) is 0 Å². The lowest BCUT2D eigenvalue weighted by Gasteiger charge is -2.41. The summed E-state index contributed by atoms with van der Waals surface area (Å²) < 4.78 is 0. The first kappa shape index (κ1) is 16.5. The fraction of sp³-hybridized carbons (Fsp3) is 0.684. The molecule has 1 fully saturated rings. The molecule has 118 valence electrons. The van der Waals surface area contributed by atoms with E-state index in [1.54, 1.807) is 0 Å². The molecular weight excluding hydrogens is 256 g/mol. The van der Waals surface area contributed by atoms with Gasteiger partial charge in [0.1, 0.15) is 0 Å². The summed E-state index contributed by atoms with van der Waals surface area (Å²) in [4.78, 5) is 2.67. The van der Waals surface area contributed by atoms with E-state index in [0.717, 1.165) is 12.5 Å². The van der Waals surface area contributed by atoms with Gasteiger partial charge in [0.2, 0.25) is 0 Å². The third-order valence-electron chi connectivity index (χ3n) is 4.69.